The Morgan fingerprint density at radius 3 is 2.71 bits per heavy atom. The Kier molecular flexibility index (Phi) is 6.04. The molecule has 0 bridgehead atoms. The molecule has 2 heterocycles. The molecule has 0 radical (unpaired) electrons. The number of aromatic nitrogens is 2. The lowest BCUT2D eigenvalue weighted by Gasteiger charge is -2.34. The van der Waals surface area contributed by atoms with Crippen LogP contribution in [0.4, 0.5) is 10.5 Å². The summed E-state index contributed by atoms with van der Waals surface area (Å²) in [5.41, 5.74) is -0.222. The van der Waals surface area contributed by atoms with Gasteiger partial charge in [-0.05, 0) is 55.5 Å². The van der Waals surface area contributed by atoms with Crippen molar-refractivity contribution in [2.24, 2.45) is 13.0 Å². The van der Waals surface area contributed by atoms with Crippen LogP contribution in [0.3, 0.4) is 0 Å². The minimum atomic E-state index is -0.838. The maximum absolute atomic E-state index is 13.0. The Balaban J connectivity index is 1.42. The van der Waals surface area contributed by atoms with E-state index in [2.05, 4.69) is 22.5 Å². The second-order valence-corrected chi connectivity index (χ2v) is 9.23. The Bertz CT molecular complexity index is 997. The van der Waals surface area contributed by atoms with Gasteiger partial charge in [0.1, 0.15) is 12.1 Å². The highest BCUT2D eigenvalue weighted by Crippen LogP contribution is 2.37. The topological polar surface area (TPSA) is 96.3 Å². The first kappa shape index (κ1) is 21.4. The number of anilines is 1. The van der Waals surface area contributed by atoms with Crippen molar-refractivity contribution in [3.63, 3.8) is 0 Å². The van der Waals surface area contributed by atoms with Crippen LogP contribution in [0, 0.1) is 5.92 Å². The summed E-state index contributed by atoms with van der Waals surface area (Å²) in [5, 5.41) is 6.51. The predicted molar refractivity (Wildman–Crippen MR) is 118 cm³/mol. The van der Waals surface area contributed by atoms with Gasteiger partial charge in [-0.1, -0.05) is 25.5 Å². The van der Waals surface area contributed by atoms with E-state index in [1.807, 2.05) is 36.0 Å². The molecule has 1 aliphatic heterocycles. The SMILES string of the molecule is CCC1CCC2(CC1)NC(=O)N(CC(=O)Nc1ccccc1Sc1nccn1C)C2=O. The number of benzene rings is 1. The molecular weight excluding hydrogens is 414 g/mol. The first-order valence-electron chi connectivity index (χ1n) is 10.6. The molecular formula is C22H27N5O3S. The van der Waals surface area contributed by atoms with E-state index in [0.717, 1.165) is 34.2 Å². The van der Waals surface area contributed by atoms with Crippen molar-refractivity contribution in [3.05, 3.63) is 36.7 Å². The predicted octanol–water partition coefficient (Wildman–Crippen LogP) is 3.40. The number of carbonyl (C=O) groups is 3. The van der Waals surface area contributed by atoms with Crippen LogP contribution in [0.1, 0.15) is 39.0 Å². The number of carbonyl (C=O) groups excluding carboxylic acids is 3. The minimum absolute atomic E-state index is 0.280. The van der Waals surface area contributed by atoms with Crippen molar-refractivity contribution in [1.82, 2.24) is 19.8 Å². The van der Waals surface area contributed by atoms with E-state index >= 15 is 0 Å². The average Bonchev–Trinajstić information content (AvgIpc) is 3.26. The van der Waals surface area contributed by atoms with Crippen LogP contribution < -0.4 is 10.6 Å². The summed E-state index contributed by atoms with van der Waals surface area (Å²) in [6.45, 7) is 1.85. The van der Waals surface area contributed by atoms with Gasteiger partial charge in [0, 0.05) is 24.3 Å². The van der Waals surface area contributed by atoms with Gasteiger partial charge in [-0.15, -0.1) is 0 Å². The van der Waals surface area contributed by atoms with E-state index in [9.17, 15) is 14.4 Å². The van der Waals surface area contributed by atoms with E-state index in [1.54, 1.807) is 12.3 Å². The lowest BCUT2D eigenvalue weighted by molar-refractivity contribution is -0.135. The molecule has 1 saturated carbocycles. The number of aryl methyl sites for hydroxylation is 1. The van der Waals surface area contributed by atoms with E-state index in [0.29, 0.717) is 24.4 Å². The molecule has 2 aromatic rings. The first-order valence-corrected chi connectivity index (χ1v) is 11.4. The minimum Gasteiger partial charge on any atom is -0.329 e. The van der Waals surface area contributed by atoms with E-state index < -0.39 is 17.5 Å². The van der Waals surface area contributed by atoms with Crippen LogP contribution in [0.15, 0.2) is 46.7 Å². The number of imide groups is 1. The van der Waals surface area contributed by atoms with Gasteiger partial charge in [0.25, 0.3) is 5.91 Å². The smallest absolute Gasteiger partial charge is 0.325 e. The highest BCUT2D eigenvalue weighted by atomic mass is 32.2. The van der Waals surface area contributed by atoms with Gasteiger partial charge in [0.15, 0.2) is 5.16 Å². The normalized spacial score (nSPS) is 23.3. The molecule has 31 heavy (non-hydrogen) atoms. The van der Waals surface area contributed by atoms with Gasteiger partial charge < -0.3 is 15.2 Å². The summed E-state index contributed by atoms with van der Waals surface area (Å²) in [7, 11) is 1.90. The first-order chi connectivity index (χ1) is 14.9. The van der Waals surface area contributed by atoms with Gasteiger partial charge in [-0.25, -0.2) is 9.78 Å². The number of nitrogens with one attached hydrogen (secondary N) is 2. The van der Waals surface area contributed by atoms with Crippen LogP contribution in [0.5, 0.6) is 0 Å². The second kappa shape index (κ2) is 8.74. The number of urea groups is 1. The average molecular weight is 442 g/mol. The van der Waals surface area contributed by atoms with Gasteiger partial charge in [-0.2, -0.15) is 0 Å². The van der Waals surface area contributed by atoms with Gasteiger partial charge in [-0.3, -0.25) is 14.5 Å². The molecule has 1 aromatic heterocycles. The summed E-state index contributed by atoms with van der Waals surface area (Å²) in [4.78, 5) is 44.5. The third-order valence-electron chi connectivity index (χ3n) is 6.22. The lowest BCUT2D eigenvalue weighted by Crippen LogP contribution is -2.49. The zero-order valence-corrected chi connectivity index (χ0v) is 18.6. The maximum Gasteiger partial charge on any atom is 0.325 e. The molecule has 0 unspecified atom stereocenters. The third kappa shape index (κ3) is 4.32. The maximum atomic E-state index is 13.0. The summed E-state index contributed by atoms with van der Waals surface area (Å²) >= 11 is 1.43. The number of nitrogens with zero attached hydrogens (tertiary/aromatic N) is 3. The molecule has 0 atom stereocenters. The molecule has 4 rings (SSSR count). The summed E-state index contributed by atoms with van der Waals surface area (Å²) in [6, 6.07) is 6.92. The van der Waals surface area contributed by atoms with Crippen LogP contribution in [-0.4, -0.2) is 44.4 Å². The molecule has 8 nitrogen and oxygen atoms in total. The zero-order valence-electron chi connectivity index (χ0n) is 17.8. The van der Waals surface area contributed by atoms with Crippen molar-refractivity contribution >= 4 is 35.3 Å². The number of rotatable bonds is 6. The number of hydrogen-bond donors (Lipinski definition) is 2. The second-order valence-electron chi connectivity index (χ2n) is 8.22. The molecule has 4 amide bonds. The molecule has 1 aliphatic carbocycles. The van der Waals surface area contributed by atoms with Gasteiger partial charge in [0.2, 0.25) is 5.91 Å². The number of amides is 4. The molecule has 1 spiro atoms. The molecule has 164 valence electrons. The van der Waals surface area contributed by atoms with Crippen LogP contribution in [0.2, 0.25) is 0 Å². The van der Waals surface area contributed by atoms with Crippen molar-refractivity contribution in [3.8, 4) is 0 Å². The number of hydrogen-bond acceptors (Lipinski definition) is 5. The van der Waals surface area contributed by atoms with E-state index in [1.165, 1.54) is 11.8 Å². The quantitative estimate of drug-likeness (QED) is 0.670. The summed E-state index contributed by atoms with van der Waals surface area (Å²) in [5.74, 6) is -0.0889. The Labute approximate surface area is 185 Å². The van der Waals surface area contributed by atoms with Crippen molar-refractivity contribution in [1.29, 1.82) is 0 Å². The molecule has 9 heteroatoms. The fourth-order valence-corrected chi connectivity index (χ4v) is 5.17. The highest BCUT2D eigenvalue weighted by molar-refractivity contribution is 7.99. The molecule has 2 fully saturated rings. The standard InChI is InChI=1S/C22H27N5O3S/c1-3-15-8-10-22(11-9-15)19(29)27(20(30)25-22)14-18(28)24-16-6-4-5-7-17(16)31-21-23-12-13-26(21)2/h4-7,12-13,15H,3,8-11,14H2,1-2H3,(H,24,28)(H,25,30). The van der Waals surface area contributed by atoms with Crippen LogP contribution in [0.25, 0.3) is 0 Å². The van der Waals surface area contributed by atoms with Gasteiger partial charge >= 0.3 is 6.03 Å². The fourth-order valence-electron chi connectivity index (χ4n) is 4.28. The summed E-state index contributed by atoms with van der Waals surface area (Å²) < 4.78 is 1.89. The van der Waals surface area contributed by atoms with Crippen LogP contribution >= 0.6 is 11.8 Å². The van der Waals surface area contributed by atoms with E-state index in [-0.39, 0.29) is 12.5 Å². The molecule has 2 aliphatic rings. The fraction of sp³-hybridized carbons (Fsp3) is 0.455. The largest absolute Gasteiger partial charge is 0.329 e. The van der Waals surface area contributed by atoms with E-state index in [4.69, 9.17) is 0 Å². The number of para-hydroxylation sites is 1. The number of imidazole rings is 1. The Morgan fingerprint density at radius 2 is 2.03 bits per heavy atom. The molecule has 1 saturated heterocycles. The molecule has 2 N–H and O–H groups in total. The zero-order chi connectivity index (χ0) is 22.0. The van der Waals surface area contributed by atoms with Crippen molar-refractivity contribution < 1.29 is 14.4 Å². The monoisotopic (exact) mass is 441 g/mol. The Hall–Kier alpha value is -2.81. The van der Waals surface area contributed by atoms with Crippen molar-refractivity contribution in [2.75, 3.05) is 11.9 Å². The lowest BCUT2D eigenvalue weighted by atomic mass is 9.75. The third-order valence-corrected chi connectivity index (χ3v) is 7.37. The summed E-state index contributed by atoms with van der Waals surface area (Å²) in [6.07, 6.45) is 7.76. The molecule has 1 aromatic carbocycles. The van der Waals surface area contributed by atoms with Crippen molar-refractivity contribution in [2.45, 2.75) is 54.6 Å². The highest BCUT2D eigenvalue weighted by Gasteiger charge is 2.52. The Morgan fingerprint density at radius 1 is 1.29 bits per heavy atom. The van der Waals surface area contributed by atoms with Crippen LogP contribution in [-0.2, 0) is 16.6 Å². The van der Waals surface area contributed by atoms with Gasteiger partial charge in [0.05, 0.1) is 5.69 Å².